The lowest BCUT2D eigenvalue weighted by molar-refractivity contribution is 0.0383. The van der Waals surface area contributed by atoms with Crippen molar-refractivity contribution in [2.75, 3.05) is 58.4 Å². The first-order chi connectivity index (χ1) is 14.1. The number of ether oxygens (including phenoxy) is 2. The third-order valence-electron chi connectivity index (χ3n) is 4.74. The lowest BCUT2D eigenvalue weighted by Crippen LogP contribution is -2.41. The van der Waals surface area contributed by atoms with Crippen LogP contribution in [-0.2, 0) is 11.2 Å². The first-order valence-electron chi connectivity index (χ1n) is 9.95. The van der Waals surface area contributed by atoms with Crippen LogP contribution < -0.4 is 15.4 Å². The van der Waals surface area contributed by atoms with E-state index in [1.54, 1.807) is 13.2 Å². The van der Waals surface area contributed by atoms with Crippen LogP contribution in [0.4, 0.5) is 5.95 Å². The number of benzene rings is 1. The molecule has 0 spiro atoms. The van der Waals surface area contributed by atoms with Gasteiger partial charge in [-0.1, -0.05) is 12.1 Å². The molecule has 2 N–H and O–H groups in total. The second-order valence-electron chi connectivity index (χ2n) is 6.96. The van der Waals surface area contributed by atoms with E-state index in [1.807, 2.05) is 25.1 Å². The van der Waals surface area contributed by atoms with Gasteiger partial charge in [-0.25, -0.2) is 9.97 Å². The summed E-state index contributed by atoms with van der Waals surface area (Å²) in [6.07, 6.45) is 0.801. The molecule has 0 saturated carbocycles. The van der Waals surface area contributed by atoms with Crippen molar-refractivity contribution in [1.29, 1.82) is 0 Å². The third kappa shape index (κ3) is 6.69. The Morgan fingerprint density at radius 3 is 2.83 bits per heavy atom. The first-order valence-corrected chi connectivity index (χ1v) is 9.95. The van der Waals surface area contributed by atoms with Gasteiger partial charge in [0.2, 0.25) is 5.95 Å². The molecule has 1 saturated heterocycles. The Balaban J connectivity index is 1.49. The zero-order valence-electron chi connectivity index (χ0n) is 17.1. The normalized spacial score (nSPS) is 14.4. The molecule has 3 rings (SSSR count). The van der Waals surface area contributed by atoms with Gasteiger partial charge >= 0.3 is 0 Å². The standard InChI is InChI=1S/C21H29N5O3/c1-16-14-19(20(27)22-8-9-26-10-12-29-13-11-26)25-21(24-16)23-7-6-17-4-3-5-18(15-17)28-2/h3-5,14-15H,6-13H2,1-2H3,(H,22,27)(H,23,24,25). The summed E-state index contributed by atoms with van der Waals surface area (Å²) < 4.78 is 10.6. The number of aromatic nitrogens is 2. The van der Waals surface area contributed by atoms with E-state index in [-0.39, 0.29) is 5.91 Å². The molecule has 0 bridgehead atoms. The number of aryl methyl sites for hydroxylation is 1. The highest BCUT2D eigenvalue weighted by Crippen LogP contribution is 2.13. The molecule has 0 radical (unpaired) electrons. The molecule has 1 fully saturated rings. The average molecular weight is 399 g/mol. The van der Waals surface area contributed by atoms with Crippen LogP contribution >= 0.6 is 0 Å². The zero-order valence-corrected chi connectivity index (χ0v) is 17.1. The fourth-order valence-corrected chi connectivity index (χ4v) is 3.15. The van der Waals surface area contributed by atoms with Gasteiger partial charge in [-0.05, 0) is 37.1 Å². The second-order valence-corrected chi connectivity index (χ2v) is 6.96. The number of anilines is 1. The number of amides is 1. The van der Waals surface area contributed by atoms with Crippen molar-refractivity contribution in [3.8, 4) is 5.75 Å². The highest BCUT2D eigenvalue weighted by Gasteiger charge is 2.13. The van der Waals surface area contributed by atoms with E-state index >= 15 is 0 Å². The third-order valence-corrected chi connectivity index (χ3v) is 4.74. The summed E-state index contributed by atoms with van der Waals surface area (Å²) >= 11 is 0. The fraction of sp³-hybridized carbons (Fsp3) is 0.476. The number of hydrogen-bond donors (Lipinski definition) is 2. The Hall–Kier alpha value is -2.71. The molecule has 1 aliphatic heterocycles. The van der Waals surface area contributed by atoms with E-state index in [9.17, 15) is 4.79 Å². The number of hydrogen-bond acceptors (Lipinski definition) is 7. The number of carbonyl (C=O) groups is 1. The van der Waals surface area contributed by atoms with Crippen molar-refractivity contribution in [3.63, 3.8) is 0 Å². The summed E-state index contributed by atoms with van der Waals surface area (Å²) in [4.78, 5) is 23.5. The summed E-state index contributed by atoms with van der Waals surface area (Å²) in [5.41, 5.74) is 2.29. The number of nitrogens with one attached hydrogen (secondary N) is 2. The van der Waals surface area contributed by atoms with Crippen LogP contribution in [0.25, 0.3) is 0 Å². The SMILES string of the molecule is COc1cccc(CCNc2nc(C)cc(C(=O)NCCN3CCOCC3)n2)c1. The smallest absolute Gasteiger partial charge is 0.270 e. The van der Waals surface area contributed by atoms with Crippen molar-refractivity contribution in [2.24, 2.45) is 0 Å². The minimum atomic E-state index is -0.181. The average Bonchev–Trinajstić information content (AvgIpc) is 2.74. The predicted octanol–water partition coefficient (Wildman–Crippen LogP) is 1.51. The van der Waals surface area contributed by atoms with E-state index in [1.165, 1.54) is 0 Å². The van der Waals surface area contributed by atoms with Crippen LogP contribution in [0.5, 0.6) is 5.75 Å². The van der Waals surface area contributed by atoms with Gasteiger partial charge in [0.15, 0.2) is 0 Å². The summed E-state index contributed by atoms with van der Waals surface area (Å²) in [5, 5.41) is 6.15. The van der Waals surface area contributed by atoms with E-state index in [0.717, 1.165) is 56.3 Å². The first kappa shape index (κ1) is 21.0. The number of methoxy groups -OCH3 is 1. The highest BCUT2D eigenvalue weighted by molar-refractivity contribution is 5.92. The van der Waals surface area contributed by atoms with Crippen molar-refractivity contribution in [2.45, 2.75) is 13.3 Å². The number of carbonyl (C=O) groups excluding carboxylic acids is 1. The number of nitrogens with zero attached hydrogens (tertiary/aromatic N) is 3. The maximum atomic E-state index is 12.5. The molecule has 1 aromatic heterocycles. The van der Waals surface area contributed by atoms with Crippen LogP contribution in [0, 0.1) is 6.92 Å². The topological polar surface area (TPSA) is 88.6 Å². The van der Waals surface area contributed by atoms with Crippen molar-refractivity contribution in [3.05, 3.63) is 47.3 Å². The molecule has 2 aromatic rings. The Labute approximate surface area is 171 Å². The van der Waals surface area contributed by atoms with Crippen molar-refractivity contribution < 1.29 is 14.3 Å². The molecule has 2 heterocycles. The van der Waals surface area contributed by atoms with E-state index in [0.29, 0.717) is 24.7 Å². The lowest BCUT2D eigenvalue weighted by Gasteiger charge is -2.26. The van der Waals surface area contributed by atoms with E-state index < -0.39 is 0 Å². The molecular formula is C21H29N5O3. The second kappa shape index (κ2) is 10.7. The Morgan fingerprint density at radius 2 is 2.03 bits per heavy atom. The summed E-state index contributed by atoms with van der Waals surface area (Å²) in [5.74, 6) is 1.12. The molecule has 1 aliphatic rings. The van der Waals surface area contributed by atoms with Gasteiger partial charge in [0.25, 0.3) is 5.91 Å². The van der Waals surface area contributed by atoms with Crippen LogP contribution in [0.15, 0.2) is 30.3 Å². The molecule has 0 atom stereocenters. The number of morpholine rings is 1. The van der Waals surface area contributed by atoms with Gasteiger partial charge in [-0.2, -0.15) is 0 Å². The molecule has 0 aliphatic carbocycles. The number of rotatable bonds is 9. The molecule has 8 heteroatoms. The summed E-state index contributed by atoms with van der Waals surface area (Å²) in [6, 6.07) is 9.65. The molecule has 1 amide bonds. The molecule has 1 aromatic carbocycles. The molecule has 29 heavy (non-hydrogen) atoms. The molecule has 8 nitrogen and oxygen atoms in total. The van der Waals surface area contributed by atoms with Crippen LogP contribution in [-0.4, -0.2) is 73.8 Å². The van der Waals surface area contributed by atoms with Crippen LogP contribution in [0.2, 0.25) is 0 Å². The maximum absolute atomic E-state index is 12.5. The summed E-state index contributed by atoms with van der Waals surface area (Å²) in [6.45, 7) is 7.24. The minimum absolute atomic E-state index is 0.181. The van der Waals surface area contributed by atoms with Gasteiger partial charge in [0.1, 0.15) is 11.4 Å². The van der Waals surface area contributed by atoms with E-state index in [2.05, 4.69) is 31.6 Å². The molecule has 156 valence electrons. The van der Waals surface area contributed by atoms with Gasteiger partial charge < -0.3 is 20.1 Å². The van der Waals surface area contributed by atoms with Gasteiger partial charge in [0.05, 0.1) is 20.3 Å². The molecular weight excluding hydrogens is 370 g/mol. The van der Waals surface area contributed by atoms with Gasteiger partial charge in [-0.3, -0.25) is 9.69 Å². The zero-order chi connectivity index (χ0) is 20.5. The predicted molar refractivity (Wildman–Crippen MR) is 112 cm³/mol. The largest absolute Gasteiger partial charge is 0.497 e. The Bertz CT molecular complexity index is 809. The van der Waals surface area contributed by atoms with E-state index in [4.69, 9.17) is 9.47 Å². The van der Waals surface area contributed by atoms with Crippen molar-refractivity contribution >= 4 is 11.9 Å². The molecule has 0 unspecified atom stereocenters. The quantitative estimate of drug-likeness (QED) is 0.661. The lowest BCUT2D eigenvalue weighted by atomic mass is 10.1. The monoisotopic (exact) mass is 399 g/mol. The summed E-state index contributed by atoms with van der Waals surface area (Å²) in [7, 11) is 1.66. The highest BCUT2D eigenvalue weighted by atomic mass is 16.5. The van der Waals surface area contributed by atoms with Gasteiger partial charge in [0, 0.05) is 38.4 Å². The van der Waals surface area contributed by atoms with Gasteiger partial charge in [-0.15, -0.1) is 0 Å². The van der Waals surface area contributed by atoms with Crippen LogP contribution in [0.1, 0.15) is 21.7 Å². The Morgan fingerprint density at radius 1 is 1.21 bits per heavy atom. The fourth-order valence-electron chi connectivity index (χ4n) is 3.15. The Kier molecular flexibility index (Phi) is 7.77. The minimum Gasteiger partial charge on any atom is -0.497 e. The van der Waals surface area contributed by atoms with Crippen LogP contribution in [0.3, 0.4) is 0 Å². The van der Waals surface area contributed by atoms with Crippen molar-refractivity contribution in [1.82, 2.24) is 20.2 Å². The maximum Gasteiger partial charge on any atom is 0.270 e.